The van der Waals surface area contributed by atoms with Gasteiger partial charge in [-0.1, -0.05) is 35.3 Å². The smallest absolute Gasteiger partial charge is 0.244 e. The number of tetrazole rings is 1. The molecule has 0 fully saturated rings. The van der Waals surface area contributed by atoms with Gasteiger partial charge < -0.3 is 0 Å². The maximum absolute atomic E-state index is 12.3. The molecule has 0 aliphatic rings. The molecule has 1 aromatic heterocycles. The fraction of sp³-hybridized carbons (Fsp3) is 0.0714. The number of hydrogen-bond acceptors (Lipinski definition) is 3. The largest absolute Gasteiger partial charge is 0.368 e. The summed E-state index contributed by atoms with van der Waals surface area (Å²) in [7, 11) is 0. The molecule has 7 heteroatoms. The highest BCUT2D eigenvalue weighted by molar-refractivity contribution is 6.30. The molecule has 0 radical (unpaired) electrons. The maximum Gasteiger partial charge on any atom is 0.368 e. The van der Waals surface area contributed by atoms with Gasteiger partial charge in [0.25, 0.3) is 0 Å². The molecule has 0 amide bonds. The van der Waals surface area contributed by atoms with Crippen molar-refractivity contribution in [3.8, 4) is 5.69 Å². The summed E-state index contributed by atoms with van der Waals surface area (Å²) in [4.78, 5) is 12.3. The Hall–Kier alpha value is -2.11. The van der Waals surface area contributed by atoms with Gasteiger partial charge in [-0.05, 0) is 52.4 Å². The van der Waals surface area contributed by atoms with Crippen molar-refractivity contribution in [2.24, 2.45) is 0 Å². The van der Waals surface area contributed by atoms with Crippen LogP contribution in [0.15, 0.2) is 53.3 Å². The van der Waals surface area contributed by atoms with Gasteiger partial charge in [-0.15, -0.1) is 0 Å². The molecular formula is C14H10Cl2N4O. The van der Waals surface area contributed by atoms with Gasteiger partial charge in [0, 0.05) is 10.0 Å². The van der Waals surface area contributed by atoms with Gasteiger partial charge in [-0.25, -0.2) is 4.79 Å². The van der Waals surface area contributed by atoms with Crippen molar-refractivity contribution >= 4 is 23.2 Å². The number of benzene rings is 2. The highest BCUT2D eigenvalue weighted by atomic mass is 35.5. The molecule has 0 spiro atoms. The van der Waals surface area contributed by atoms with Crippen molar-refractivity contribution in [2.75, 3.05) is 0 Å². The average Bonchev–Trinajstić information content (AvgIpc) is 2.81. The zero-order chi connectivity index (χ0) is 14.8. The molecule has 0 saturated carbocycles. The van der Waals surface area contributed by atoms with Crippen LogP contribution in [0.5, 0.6) is 0 Å². The third kappa shape index (κ3) is 2.99. The molecule has 3 aromatic rings. The lowest BCUT2D eigenvalue weighted by Crippen LogP contribution is -2.24. The molecule has 0 aliphatic carbocycles. The van der Waals surface area contributed by atoms with E-state index in [1.54, 1.807) is 36.4 Å². The van der Waals surface area contributed by atoms with E-state index < -0.39 is 0 Å². The molecule has 21 heavy (non-hydrogen) atoms. The zero-order valence-electron chi connectivity index (χ0n) is 10.8. The van der Waals surface area contributed by atoms with Crippen LogP contribution in [0.2, 0.25) is 10.0 Å². The van der Waals surface area contributed by atoms with Crippen LogP contribution in [0.3, 0.4) is 0 Å². The first-order chi connectivity index (χ1) is 10.1. The minimum atomic E-state index is -0.322. The van der Waals surface area contributed by atoms with Crippen molar-refractivity contribution in [3.05, 3.63) is 74.6 Å². The number of aromatic nitrogens is 4. The van der Waals surface area contributed by atoms with Crippen LogP contribution in [-0.2, 0) is 6.54 Å². The summed E-state index contributed by atoms with van der Waals surface area (Å²) in [6.45, 7) is 0.312. The fourth-order valence-corrected chi connectivity index (χ4v) is 2.26. The second kappa shape index (κ2) is 5.71. The Bertz CT molecular complexity index is 823. The first-order valence-electron chi connectivity index (χ1n) is 6.17. The van der Waals surface area contributed by atoms with Gasteiger partial charge >= 0.3 is 5.69 Å². The molecule has 2 aromatic carbocycles. The van der Waals surface area contributed by atoms with Crippen LogP contribution < -0.4 is 5.69 Å². The first kappa shape index (κ1) is 13.9. The van der Waals surface area contributed by atoms with Crippen LogP contribution in [0.1, 0.15) is 5.56 Å². The SMILES string of the molecule is O=c1n(Cc2cccc(Cl)c2)nnn1-c1ccc(Cl)cc1. The fourth-order valence-electron chi connectivity index (χ4n) is 1.93. The number of halogens is 2. The molecule has 0 N–H and O–H groups in total. The average molecular weight is 321 g/mol. The second-order valence-corrected chi connectivity index (χ2v) is 5.31. The molecule has 0 aliphatic heterocycles. The Morgan fingerprint density at radius 1 is 0.952 bits per heavy atom. The normalized spacial score (nSPS) is 10.8. The zero-order valence-corrected chi connectivity index (χ0v) is 12.3. The molecule has 106 valence electrons. The predicted molar refractivity (Wildman–Crippen MR) is 81.2 cm³/mol. The third-order valence-electron chi connectivity index (χ3n) is 2.93. The number of nitrogens with zero attached hydrogens (tertiary/aromatic N) is 4. The standard InChI is InChI=1S/C14H10Cl2N4O/c15-11-4-6-13(7-5-11)20-14(21)19(17-18-20)9-10-2-1-3-12(16)8-10/h1-8H,9H2. The van der Waals surface area contributed by atoms with E-state index >= 15 is 0 Å². The lowest BCUT2D eigenvalue weighted by molar-refractivity contribution is 0.632. The minimum absolute atomic E-state index is 0.312. The maximum atomic E-state index is 12.3. The minimum Gasteiger partial charge on any atom is -0.244 e. The van der Waals surface area contributed by atoms with E-state index in [2.05, 4.69) is 10.4 Å². The predicted octanol–water partition coefficient (Wildman–Crippen LogP) is 2.78. The Morgan fingerprint density at radius 3 is 2.43 bits per heavy atom. The van der Waals surface area contributed by atoms with Gasteiger partial charge in [-0.2, -0.15) is 9.36 Å². The summed E-state index contributed by atoms with van der Waals surface area (Å²) < 4.78 is 2.50. The van der Waals surface area contributed by atoms with Crippen LogP contribution in [0.4, 0.5) is 0 Å². The molecule has 0 atom stereocenters. The summed E-state index contributed by atoms with van der Waals surface area (Å²) in [5, 5.41) is 8.97. The van der Waals surface area contributed by atoms with E-state index in [4.69, 9.17) is 23.2 Å². The second-order valence-electron chi connectivity index (χ2n) is 4.44. The van der Waals surface area contributed by atoms with E-state index in [9.17, 15) is 4.79 Å². The highest BCUT2D eigenvalue weighted by Crippen LogP contribution is 2.12. The van der Waals surface area contributed by atoms with Gasteiger partial charge in [0.15, 0.2) is 0 Å². The Morgan fingerprint density at radius 2 is 1.71 bits per heavy atom. The number of rotatable bonds is 3. The van der Waals surface area contributed by atoms with Gasteiger partial charge in [0.2, 0.25) is 0 Å². The van der Waals surface area contributed by atoms with Gasteiger partial charge in [-0.3, -0.25) is 0 Å². The molecular weight excluding hydrogens is 311 g/mol. The van der Waals surface area contributed by atoms with Crippen LogP contribution in [-0.4, -0.2) is 19.8 Å². The Kier molecular flexibility index (Phi) is 3.77. The van der Waals surface area contributed by atoms with Crippen molar-refractivity contribution in [1.29, 1.82) is 0 Å². The van der Waals surface area contributed by atoms with E-state index in [1.165, 1.54) is 9.36 Å². The molecule has 1 heterocycles. The summed E-state index contributed by atoms with van der Waals surface area (Å²) >= 11 is 11.8. The first-order valence-corrected chi connectivity index (χ1v) is 6.92. The molecule has 0 bridgehead atoms. The van der Waals surface area contributed by atoms with E-state index in [0.29, 0.717) is 22.3 Å². The lowest BCUT2D eigenvalue weighted by atomic mass is 10.2. The van der Waals surface area contributed by atoms with E-state index in [1.807, 2.05) is 12.1 Å². The van der Waals surface area contributed by atoms with Gasteiger partial charge in [0.1, 0.15) is 0 Å². The Balaban J connectivity index is 1.92. The molecule has 5 nitrogen and oxygen atoms in total. The monoisotopic (exact) mass is 320 g/mol. The molecule has 0 unspecified atom stereocenters. The van der Waals surface area contributed by atoms with Crippen molar-refractivity contribution in [2.45, 2.75) is 6.54 Å². The topological polar surface area (TPSA) is 52.7 Å². The lowest BCUT2D eigenvalue weighted by Gasteiger charge is -2.00. The van der Waals surface area contributed by atoms with Gasteiger partial charge in [0.05, 0.1) is 12.2 Å². The van der Waals surface area contributed by atoms with E-state index in [0.717, 1.165) is 5.56 Å². The van der Waals surface area contributed by atoms with E-state index in [-0.39, 0.29) is 5.69 Å². The molecule has 0 saturated heterocycles. The Labute approximate surface area is 130 Å². The summed E-state index contributed by atoms with van der Waals surface area (Å²) in [5.41, 5.74) is 1.17. The third-order valence-corrected chi connectivity index (χ3v) is 3.42. The molecule has 3 rings (SSSR count). The number of hydrogen-bond donors (Lipinski definition) is 0. The van der Waals surface area contributed by atoms with Crippen LogP contribution in [0.25, 0.3) is 5.69 Å². The van der Waals surface area contributed by atoms with Crippen molar-refractivity contribution in [1.82, 2.24) is 19.8 Å². The quantitative estimate of drug-likeness (QED) is 0.745. The van der Waals surface area contributed by atoms with Crippen LogP contribution >= 0.6 is 23.2 Å². The summed E-state index contributed by atoms with van der Waals surface area (Å²) in [6, 6.07) is 14.1. The van der Waals surface area contributed by atoms with Crippen LogP contribution in [0, 0.1) is 0 Å². The van der Waals surface area contributed by atoms with Crippen molar-refractivity contribution in [3.63, 3.8) is 0 Å². The summed E-state index contributed by atoms with van der Waals surface area (Å²) in [6.07, 6.45) is 0. The highest BCUT2D eigenvalue weighted by Gasteiger charge is 2.09. The summed E-state index contributed by atoms with van der Waals surface area (Å²) in [5.74, 6) is 0. The van der Waals surface area contributed by atoms with Crippen molar-refractivity contribution < 1.29 is 0 Å².